The number of rotatable bonds is 4. The predicted molar refractivity (Wildman–Crippen MR) is 120 cm³/mol. The van der Waals surface area contributed by atoms with Gasteiger partial charge in [0.15, 0.2) is 0 Å². The SMILES string of the molecule is CNc1cnccc1C(=O)O.Cc1ccccc1N(C)c1ccc2c(c1)OCCC2. The van der Waals surface area contributed by atoms with Crippen molar-refractivity contribution in [2.45, 2.75) is 19.8 Å². The molecule has 30 heavy (non-hydrogen) atoms. The number of carboxylic acid groups (broad SMARTS) is 1. The number of fused-ring (bicyclic) bond motifs is 1. The Labute approximate surface area is 177 Å². The van der Waals surface area contributed by atoms with Crippen LogP contribution in [0, 0.1) is 6.92 Å². The first-order valence-corrected chi connectivity index (χ1v) is 9.91. The Kier molecular flexibility index (Phi) is 6.91. The minimum atomic E-state index is -0.947. The second kappa shape index (κ2) is 9.78. The van der Waals surface area contributed by atoms with Gasteiger partial charge in [-0.05, 0) is 49.1 Å². The lowest BCUT2D eigenvalue weighted by molar-refractivity contribution is 0.0698. The molecule has 0 radical (unpaired) electrons. The third kappa shape index (κ3) is 4.89. The molecule has 2 aromatic carbocycles. The number of benzene rings is 2. The third-order valence-electron chi connectivity index (χ3n) is 5.08. The average Bonchev–Trinajstić information content (AvgIpc) is 2.79. The lowest BCUT2D eigenvalue weighted by Crippen LogP contribution is -2.13. The van der Waals surface area contributed by atoms with Crippen LogP contribution in [0.1, 0.15) is 27.9 Å². The van der Waals surface area contributed by atoms with Crippen molar-refractivity contribution in [3.8, 4) is 5.75 Å². The lowest BCUT2D eigenvalue weighted by atomic mass is 10.1. The fourth-order valence-electron chi connectivity index (χ4n) is 3.40. The lowest BCUT2D eigenvalue weighted by Gasteiger charge is -2.24. The van der Waals surface area contributed by atoms with Crippen molar-refractivity contribution in [2.24, 2.45) is 0 Å². The molecule has 6 nitrogen and oxygen atoms in total. The number of para-hydroxylation sites is 1. The summed E-state index contributed by atoms with van der Waals surface area (Å²) >= 11 is 0. The Balaban J connectivity index is 0.000000199. The number of carboxylic acids is 1. The Morgan fingerprint density at radius 3 is 2.70 bits per heavy atom. The zero-order valence-corrected chi connectivity index (χ0v) is 17.6. The van der Waals surface area contributed by atoms with E-state index in [1.54, 1.807) is 7.05 Å². The molecule has 0 spiro atoms. The van der Waals surface area contributed by atoms with Crippen molar-refractivity contribution in [2.75, 3.05) is 30.9 Å². The number of aryl methyl sites for hydroxylation is 2. The minimum Gasteiger partial charge on any atom is -0.493 e. The summed E-state index contributed by atoms with van der Waals surface area (Å²) in [5.74, 6) is 0.0981. The Hall–Kier alpha value is -3.54. The van der Waals surface area contributed by atoms with E-state index in [9.17, 15) is 4.79 Å². The van der Waals surface area contributed by atoms with Gasteiger partial charge >= 0.3 is 5.97 Å². The highest BCUT2D eigenvalue weighted by Gasteiger charge is 2.13. The molecule has 2 heterocycles. The van der Waals surface area contributed by atoms with Crippen LogP contribution in [0.25, 0.3) is 0 Å². The molecule has 4 rings (SSSR count). The van der Waals surface area contributed by atoms with Gasteiger partial charge < -0.3 is 20.1 Å². The maximum atomic E-state index is 10.5. The van der Waals surface area contributed by atoms with Crippen LogP contribution in [0.5, 0.6) is 5.75 Å². The number of aromatic nitrogens is 1. The first-order chi connectivity index (χ1) is 14.5. The Morgan fingerprint density at radius 1 is 1.20 bits per heavy atom. The van der Waals surface area contributed by atoms with E-state index in [-0.39, 0.29) is 5.56 Å². The molecule has 0 amide bonds. The van der Waals surface area contributed by atoms with Gasteiger partial charge in [0.25, 0.3) is 0 Å². The molecule has 0 unspecified atom stereocenters. The topological polar surface area (TPSA) is 74.7 Å². The monoisotopic (exact) mass is 405 g/mol. The molecule has 2 N–H and O–H groups in total. The number of aromatic carboxylic acids is 1. The van der Waals surface area contributed by atoms with E-state index < -0.39 is 5.97 Å². The van der Waals surface area contributed by atoms with Gasteiger partial charge in [0.05, 0.1) is 24.1 Å². The fourth-order valence-corrected chi connectivity index (χ4v) is 3.40. The number of hydrogen-bond donors (Lipinski definition) is 2. The molecule has 1 aromatic heterocycles. The zero-order chi connectivity index (χ0) is 21.5. The van der Waals surface area contributed by atoms with Gasteiger partial charge in [-0.15, -0.1) is 0 Å². The van der Waals surface area contributed by atoms with Crippen LogP contribution in [0.2, 0.25) is 0 Å². The van der Waals surface area contributed by atoms with Crippen molar-refractivity contribution in [3.05, 3.63) is 77.6 Å². The highest BCUT2D eigenvalue weighted by molar-refractivity contribution is 5.93. The molecule has 0 atom stereocenters. The third-order valence-corrected chi connectivity index (χ3v) is 5.08. The molecule has 156 valence electrons. The Morgan fingerprint density at radius 2 is 2.00 bits per heavy atom. The van der Waals surface area contributed by atoms with Crippen molar-refractivity contribution in [1.82, 2.24) is 4.98 Å². The van der Waals surface area contributed by atoms with Crippen LogP contribution in [-0.2, 0) is 6.42 Å². The molecule has 0 bridgehead atoms. The maximum Gasteiger partial charge on any atom is 0.337 e. The van der Waals surface area contributed by atoms with Crippen molar-refractivity contribution >= 4 is 23.0 Å². The number of nitrogens with one attached hydrogen (secondary N) is 1. The van der Waals surface area contributed by atoms with E-state index >= 15 is 0 Å². The number of nitrogens with zero attached hydrogens (tertiary/aromatic N) is 2. The molecule has 6 heteroatoms. The van der Waals surface area contributed by atoms with Crippen molar-refractivity contribution in [1.29, 1.82) is 0 Å². The molecule has 3 aromatic rings. The number of hydrogen-bond acceptors (Lipinski definition) is 5. The van der Waals surface area contributed by atoms with Gasteiger partial charge in [-0.2, -0.15) is 0 Å². The van der Waals surface area contributed by atoms with Crippen molar-refractivity contribution < 1.29 is 14.6 Å². The second-order valence-corrected chi connectivity index (χ2v) is 7.07. The van der Waals surface area contributed by atoms with Crippen LogP contribution in [0.3, 0.4) is 0 Å². The number of carbonyl (C=O) groups is 1. The van der Waals surface area contributed by atoms with Crippen LogP contribution in [0.15, 0.2) is 60.9 Å². The van der Waals surface area contributed by atoms with Crippen LogP contribution < -0.4 is 15.0 Å². The summed E-state index contributed by atoms with van der Waals surface area (Å²) in [4.78, 5) is 16.5. The predicted octanol–water partition coefficient (Wildman–Crippen LogP) is 4.91. The first kappa shape index (κ1) is 21.2. The summed E-state index contributed by atoms with van der Waals surface area (Å²) < 4.78 is 5.75. The van der Waals surface area contributed by atoms with E-state index in [1.165, 1.54) is 41.0 Å². The smallest absolute Gasteiger partial charge is 0.337 e. The number of anilines is 3. The van der Waals surface area contributed by atoms with Crippen LogP contribution >= 0.6 is 0 Å². The highest BCUT2D eigenvalue weighted by atomic mass is 16.5. The van der Waals surface area contributed by atoms with Crippen LogP contribution in [0.4, 0.5) is 17.1 Å². The molecular formula is C24H27N3O3. The normalized spacial score (nSPS) is 12.0. The van der Waals surface area contributed by atoms with E-state index in [0.717, 1.165) is 25.2 Å². The molecule has 0 saturated heterocycles. The van der Waals surface area contributed by atoms with Gasteiger partial charge in [-0.25, -0.2) is 4.79 Å². The largest absolute Gasteiger partial charge is 0.493 e. The van der Waals surface area contributed by atoms with Crippen LogP contribution in [-0.4, -0.2) is 36.8 Å². The van der Waals surface area contributed by atoms with E-state index in [1.807, 2.05) is 0 Å². The highest BCUT2D eigenvalue weighted by Crippen LogP contribution is 2.33. The summed E-state index contributed by atoms with van der Waals surface area (Å²) in [6.45, 7) is 2.98. The summed E-state index contributed by atoms with van der Waals surface area (Å²) in [5.41, 5.74) is 5.78. The maximum absolute atomic E-state index is 10.5. The summed E-state index contributed by atoms with van der Waals surface area (Å²) in [7, 11) is 3.76. The molecule has 0 saturated carbocycles. The van der Waals surface area contributed by atoms with Gasteiger partial charge in [-0.3, -0.25) is 4.98 Å². The average molecular weight is 405 g/mol. The minimum absolute atomic E-state index is 0.238. The zero-order valence-electron chi connectivity index (χ0n) is 17.6. The van der Waals surface area contributed by atoms with E-state index in [4.69, 9.17) is 9.84 Å². The molecule has 0 fully saturated rings. The second-order valence-electron chi connectivity index (χ2n) is 7.07. The van der Waals surface area contributed by atoms with Gasteiger partial charge in [-0.1, -0.05) is 24.3 Å². The van der Waals surface area contributed by atoms with Crippen molar-refractivity contribution in [3.63, 3.8) is 0 Å². The summed E-state index contributed by atoms with van der Waals surface area (Å²) in [6, 6.07) is 16.4. The van der Waals surface area contributed by atoms with Gasteiger partial charge in [0.1, 0.15) is 5.75 Å². The molecule has 1 aliphatic rings. The van der Waals surface area contributed by atoms with Gasteiger partial charge in [0.2, 0.25) is 0 Å². The molecule has 1 aliphatic heterocycles. The molecular weight excluding hydrogens is 378 g/mol. The first-order valence-electron chi connectivity index (χ1n) is 9.91. The standard InChI is InChI=1S/C17H19NO.C7H8N2O2/c1-13-6-3-4-8-16(13)18(2)15-10-9-14-7-5-11-19-17(14)12-15;1-8-6-4-9-3-2-5(6)7(10)11/h3-4,6,8-10,12H,5,7,11H2,1-2H3;2-4,8H,1H3,(H,10,11). The fraction of sp³-hybridized carbons (Fsp3) is 0.250. The van der Waals surface area contributed by atoms with Gasteiger partial charge in [0, 0.05) is 37.7 Å². The summed E-state index contributed by atoms with van der Waals surface area (Å²) in [6.07, 6.45) is 5.18. The Bertz CT molecular complexity index is 1020. The quantitative estimate of drug-likeness (QED) is 0.642. The van der Waals surface area contributed by atoms with E-state index in [0.29, 0.717) is 5.69 Å². The van der Waals surface area contributed by atoms with E-state index in [2.05, 4.69) is 71.6 Å². The number of ether oxygens (including phenoxy) is 1. The summed E-state index contributed by atoms with van der Waals surface area (Å²) in [5, 5.41) is 11.4. The number of pyridine rings is 1. The molecule has 0 aliphatic carbocycles.